The molecule has 2 aromatic rings. The van der Waals surface area contributed by atoms with Gasteiger partial charge in [-0.3, -0.25) is 5.32 Å². The molecule has 3 atom stereocenters. The van der Waals surface area contributed by atoms with Gasteiger partial charge in [-0.05, 0) is 37.2 Å². The highest BCUT2D eigenvalue weighted by Crippen LogP contribution is 2.51. The first-order valence-electron chi connectivity index (χ1n) is 8.57. The molecule has 0 spiro atoms. The number of rotatable bonds is 4. The van der Waals surface area contributed by atoms with Crippen LogP contribution in [0.15, 0.2) is 30.3 Å². The summed E-state index contributed by atoms with van der Waals surface area (Å²) in [6.07, 6.45) is 0. The number of amides is 2. The fourth-order valence-corrected chi connectivity index (χ4v) is 4.62. The van der Waals surface area contributed by atoms with Crippen molar-refractivity contribution >= 4 is 22.5 Å². The van der Waals surface area contributed by atoms with Gasteiger partial charge in [0.1, 0.15) is 5.01 Å². The van der Waals surface area contributed by atoms with Gasteiger partial charge in [-0.2, -0.15) is 0 Å². The number of nitrogens with zero attached hydrogens (tertiary/aromatic N) is 3. The van der Waals surface area contributed by atoms with Gasteiger partial charge in [-0.15, -0.1) is 10.2 Å². The van der Waals surface area contributed by atoms with Gasteiger partial charge in [0.05, 0.1) is 0 Å². The third kappa shape index (κ3) is 2.91. The number of carbonyl (C=O) groups excluding carboxylic acids is 1. The molecule has 4 rings (SSSR count). The Bertz CT molecular complexity index is 764. The number of aliphatic hydroxyl groups is 1. The van der Waals surface area contributed by atoms with Gasteiger partial charge in [0.2, 0.25) is 5.13 Å². The van der Waals surface area contributed by atoms with Gasteiger partial charge in [-0.1, -0.05) is 41.7 Å². The number of fused-ring (bicyclic) bond motifs is 1. The summed E-state index contributed by atoms with van der Waals surface area (Å²) >= 11 is 1.42. The summed E-state index contributed by atoms with van der Waals surface area (Å²) in [7, 11) is 0. The summed E-state index contributed by atoms with van der Waals surface area (Å²) in [6.45, 7) is 5.90. The number of benzene rings is 1. The van der Waals surface area contributed by atoms with Crippen LogP contribution in [-0.2, 0) is 5.41 Å². The summed E-state index contributed by atoms with van der Waals surface area (Å²) in [5.41, 5.74) is 0.907. The summed E-state index contributed by atoms with van der Waals surface area (Å²) in [4.78, 5) is 14.2. The van der Waals surface area contributed by atoms with Crippen molar-refractivity contribution in [1.29, 1.82) is 0 Å². The molecule has 1 saturated heterocycles. The highest BCUT2D eigenvalue weighted by Gasteiger charge is 2.56. The number of aliphatic hydroxyl groups excluding tert-OH is 1. The first-order valence-corrected chi connectivity index (χ1v) is 9.38. The topological polar surface area (TPSA) is 78.4 Å². The van der Waals surface area contributed by atoms with E-state index < -0.39 is 0 Å². The molecule has 0 bridgehead atoms. The summed E-state index contributed by atoms with van der Waals surface area (Å²) in [5, 5.41) is 21.9. The molecule has 2 N–H and O–H groups in total. The van der Waals surface area contributed by atoms with E-state index in [0.717, 1.165) is 18.1 Å². The molecule has 6 nitrogen and oxygen atoms in total. The number of aromatic nitrogens is 2. The number of carbonyl (C=O) groups is 1. The third-order valence-electron chi connectivity index (χ3n) is 5.54. The van der Waals surface area contributed by atoms with Crippen LogP contribution in [0.5, 0.6) is 0 Å². The summed E-state index contributed by atoms with van der Waals surface area (Å²) < 4.78 is 0. The lowest BCUT2D eigenvalue weighted by atomic mass is 9.85. The smallest absolute Gasteiger partial charge is 0.323 e. The molecule has 1 unspecified atom stereocenters. The maximum Gasteiger partial charge on any atom is 0.323 e. The fourth-order valence-electron chi connectivity index (χ4n) is 3.76. The predicted octanol–water partition coefficient (Wildman–Crippen LogP) is 2.57. The second-order valence-corrected chi connectivity index (χ2v) is 8.39. The van der Waals surface area contributed by atoms with Crippen molar-refractivity contribution in [2.45, 2.75) is 19.3 Å². The van der Waals surface area contributed by atoms with Crippen molar-refractivity contribution in [1.82, 2.24) is 15.1 Å². The lowest BCUT2D eigenvalue weighted by Crippen LogP contribution is -2.35. The fraction of sp³-hybridized carbons (Fsp3) is 0.500. The largest absolute Gasteiger partial charge is 0.396 e. The first kappa shape index (κ1) is 16.5. The maximum absolute atomic E-state index is 12.4. The van der Waals surface area contributed by atoms with Crippen LogP contribution in [0, 0.1) is 17.8 Å². The molecule has 25 heavy (non-hydrogen) atoms. The number of piperidine rings is 1. The monoisotopic (exact) mass is 358 g/mol. The van der Waals surface area contributed by atoms with E-state index in [1.54, 1.807) is 0 Å². The Hall–Kier alpha value is -1.99. The van der Waals surface area contributed by atoms with Gasteiger partial charge >= 0.3 is 6.03 Å². The Labute approximate surface area is 150 Å². The predicted molar refractivity (Wildman–Crippen MR) is 96.6 cm³/mol. The number of nitrogens with one attached hydrogen (secondary N) is 1. The maximum atomic E-state index is 12.4. The van der Waals surface area contributed by atoms with Crippen LogP contribution in [0.3, 0.4) is 0 Å². The van der Waals surface area contributed by atoms with Gasteiger partial charge in [-0.25, -0.2) is 4.79 Å². The molecule has 2 aliphatic rings. The number of likely N-dealkylation sites (tertiary alicyclic amines) is 1. The Morgan fingerprint density at radius 1 is 1.28 bits per heavy atom. The molecule has 1 saturated carbocycles. The molecule has 1 aliphatic carbocycles. The number of urea groups is 1. The van der Waals surface area contributed by atoms with Crippen LogP contribution < -0.4 is 5.32 Å². The van der Waals surface area contributed by atoms with E-state index in [1.165, 1.54) is 16.9 Å². The molecule has 1 aromatic heterocycles. The Morgan fingerprint density at radius 2 is 1.96 bits per heavy atom. The zero-order valence-corrected chi connectivity index (χ0v) is 15.2. The van der Waals surface area contributed by atoms with Gasteiger partial charge in [0.25, 0.3) is 0 Å². The normalized spacial score (nSPS) is 24.9. The van der Waals surface area contributed by atoms with Crippen molar-refractivity contribution in [3.8, 4) is 0 Å². The van der Waals surface area contributed by atoms with Crippen LogP contribution in [0.4, 0.5) is 9.93 Å². The molecule has 2 heterocycles. The van der Waals surface area contributed by atoms with Crippen LogP contribution in [0.1, 0.15) is 24.4 Å². The van der Waals surface area contributed by atoms with Crippen LogP contribution in [0.25, 0.3) is 0 Å². The average Bonchev–Trinajstić information content (AvgIpc) is 2.98. The SMILES string of the molecule is CC(C)(c1ccccc1)c1nnc(NC(=O)N2C[C@@H]3C(CO)[C@@H]3C2)s1. The van der Waals surface area contributed by atoms with Crippen molar-refractivity contribution in [2.24, 2.45) is 17.8 Å². The Balaban J connectivity index is 1.41. The first-order chi connectivity index (χ1) is 12.0. The number of hydrogen-bond donors (Lipinski definition) is 2. The van der Waals surface area contributed by atoms with Crippen LogP contribution in [0.2, 0.25) is 0 Å². The second kappa shape index (κ2) is 6.07. The highest BCUT2D eigenvalue weighted by molar-refractivity contribution is 7.15. The molecule has 1 aliphatic heterocycles. The third-order valence-corrected chi connectivity index (χ3v) is 6.70. The average molecular weight is 358 g/mol. The second-order valence-electron chi connectivity index (χ2n) is 7.41. The van der Waals surface area contributed by atoms with Crippen molar-refractivity contribution in [2.75, 3.05) is 25.0 Å². The molecule has 2 fully saturated rings. The van der Waals surface area contributed by atoms with Crippen LogP contribution in [-0.4, -0.2) is 45.9 Å². The molecule has 7 heteroatoms. The van der Waals surface area contributed by atoms with E-state index in [0.29, 0.717) is 22.9 Å². The van der Waals surface area contributed by atoms with Crippen molar-refractivity contribution < 1.29 is 9.90 Å². The van der Waals surface area contributed by atoms with Crippen molar-refractivity contribution in [3.63, 3.8) is 0 Å². The molecule has 1 aromatic carbocycles. The van der Waals surface area contributed by atoms with Gasteiger partial charge in [0.15, 0.2) is 0 Å². The molecule has 132 valence electrons. The standard InChI is InChI=1S/C18H22N4O2S/c1-18(2,11-6-4-3-5-7-11)15-20-21-16(25-15)19-17(24)22-8-12-13(9-22)14(12)10-23/h3-7,12-14,23H,8-10H2,1-2H3,(H,19,21,24)/t12-,13+,14?. The minimum atomic E-state index is -0.258. The van der Waals surface area contributed by atoms with Gasteiger partial charge < -0.3 is 10.0 Å². The summed E-state index contributed by atoms with van der Waals surface area (Å²) in [6, 6.07) is 10.1. The van der Waals surface area contributed by atoms with E-state index in [1.807, 2.05) is 23.1 Å². The quantitative estimate of drug-likeness (QED) is 0.880. The van der Waals surface area contributed by atoms with Crippen LogP contribution >= 0.6 is 11.3 Å². The van der Waals surface area contributed by atoms with E-state index in [2.05, 4.69) is 41.5 Å². The molecule has 0 radical (unpaired) electrons. The highest BCUT2D eigenvalue weighted by atomic mass is 32.1. The lowest BCUT2D eigenvalue weighted by molar-refractivity contribution is 0.203. The van der Waals surface area contributed by atoms with Gasteiger partial charge in [0, 0.05) is 25.1 Å². The molecular formula is C18H22N4O2S. The molecule has 2 amide bonds. The number of hydrogen-bond acceptors (Lipinski definition) is 5. The van der Waals surface area contributed by atoms with E-state index in [-0.39, 0.29) is 18.1 Å². The molecular weight excluding hydrogens is 336 g/mol. The van der Waals surface area contributed by atoms with E-state index in [4.69, 9.17) is 0 Å². The number of anilines is 1. The summed E-state index contributed by atoms with van der Waals surface area (Å²) in [5.74, 6) is 1.33. The van der Waals surface area contributed by atoms with E-state index >= 15 is 0 Å². The van der Waals surface area contributed by atoms with Crippen molar-refractivity contribution in [3.05, 3.63) is 40.9 Å². The zero-order valence-electron chi connectivity index (χ0n) is 14.3. The Morgan fingerprint density at radius 3 is 2.60 bits per heavy atom. The minimum Gasteiger partial charge on any atom is -0.396 e. The minimum absolute atomic E-state index is 0.121. The Kier molecular flexibility index (Phi) is 4.00. The lowest BCUT2D eigenvalue weighted by Gasteiger charge is -2.21. The zero-order chi connectivity index (χ0) is 17.6. The van der Waals surface area contributed by atoms with E-state index in [9.17, 15) is 9.90 Å².